The molecule has 2 amide bonds. The summed E-state index contributed by atoms with van der Waals surface area (Å²) in [7, 11) is 0. The zero-order valence-electron chi connectivity index (χ0n) is 15.9. The smallest absolute Gasteiger partial charge is 0.309 e. The van der Waals surface area contributed by atoms with Crippen LogP contribution in [0.25, 0.3) is 0 Å². The lowest BCUT2D eigenvalue weighted by Crippen LogP contribution is -2.46. The summed E-state index contributed by atoms with van der Waals surface area (Å²) in [6.07, 6.45) is 0. The van der Waals surface area contributed by atoms with Crippen LogP contribution in [0.3, 0.4) is 0 Å². The Morgan fingerprint density at radius 3 is 2.07 bits per heavy atom. The van der Waals surface area contributed by atoms with Crippen LogP contribution in [0, 0.1) is 11.6 Å². The molecule has 1 heterocycles. The summed E-state index contributed by atoms with van der Waals surface area (Å²) in [5.41, 5.74) is 1.53. The van der Waals surface area contributed by atoms with Crippen molar-refractivity contribution >= 4 is 11.8 Å². The highest BCUT2D eigenvalue weighted by Gasteiger charge is 2.24. The van der Waals surface area contributed by atoms with Crippen molar-refractivity contribution in [2.75, 3.05) is 32.8 Å². The van der Waals surface area contributed by atoms with E-state index in [0.29, 0.717) is 31.9 Å². The Bertz CT molecular complexity index is 822. The van der Waals surface area contributed by atoms with Gasteiger partial charge in [-0.05, 0) is 35.4 Å². The molecule has 0 aliphatic carbocycles. The van der Waals surface area contributed by atoms with Crippen LogP contribution in [0.5, 0.6) is 0 Å². The van der Waals surface area contributed by atoms with E-state index in [1.807, 2.05) is 0 Å². The number of carbonyl (C=O) groups excluding carboxylic acids is 2. The molecule has 1 aliphatic rings. The summed E-state index contributed by atoms with van der Waals surface area (Å²) in [5.74, 6) is -2.23. The maximum absolute atomic E-state index is 13.3. The molecule has 0 unspecified atom stereocenters. The van der Waals surface area contributed by atoms with Gasteiger partial charge >= 0.3 is 11.8 Å². The lowest BCUT2D eigenvalue weighted by Gasteiger charge is -2.34. The summed E-state index contributed by atoms with van der Waals surface area (Å²) >= 11 is 0. The molecule has 1 saturated heterocycles. The number of nitrogens with one attached hydrogen (secondary N) is 2. The normalized spacial score (nSPS) is 15.5. The molecule has 2 aromatic rings. The minimum atomic E-state index is -0.769. The van der Waals surface area contributed by atoms with Crippen molar-refractivity contribution in [3.8, 4) is 0 Å². The predicted octanol–water partition coefficient (Wildman–Crippen LogP) is 1.77. The van der Waals surface area contributed by atoms with Crippen LogP contribution in [-0.4, -0.2) is 49.6 Å². The maximum atomic E-state index is 13.3. The molecule has 154 valence electrons. The number of benzene rings is 2. The Balaban J connectivity index is 1.57. The average Bonchev–Trinajstić information content (AvgIpc) is 2.75. The SMILES string of the molecule is O=C(NCc1ccc(F)cc1)C(=O)NC[C@H](c1ccc(F)cc1)N1CCOCC1. The predicted molar refractivity (Wildman–Crippen MR) is 103 cm³/mol. The number of carbonyl (C=O) groups is 2. The van der Waals surface area contributed by atoms with Gasteiger partial charge < -0.3 is 15.4 Å². The molecule has 2 aromatic carbocycles. The van der Waals surface area contributed by atoms with E-state index in [1.165, 1.54) is 36.4 Å². The van der Waals surface area contributed by atoms with Crippen LogP contribution in [0.4, 0.5) is 8.78 Å². The van der Waals surface area contributed by atoms with Gasteiger partial charge in [0, 0.05) is 26.2 Å². The van der Waals surface area contributed by atoms with Gasteiger partial charge in [0.15, 0.2) is 0 Å². The fourth-order valence-corrected chi connectivity index (χ4v) is 3.17. The fourth-order valence-electron chi connectivity index (χ4n) is 3.17. The van der Waals surface area contributed by atoms with Crippen molar-refractivity contribution in [3.05, 3.63) is 71.3 Å². The Morgan fingerprint density at radius 1 is 0.897 bits per heavy atom. The number of morpholine rings is 1. The number of nitrogens with zero attached hydrogens (tertiary/aromatic N) is 1. The molecular formula is C21H23F2N3O3. The number of hydrogen-bond donors (Lipinski definition) is 2. The van der Waals surface area contributed by atoms with E-state index in [-0.39, 0.29) is 30.8 Å². The third-order valence-corrected chi connectivity index (χ3v) is 4.77. The first-order chi connectivity index (χ1) is 14.0. The second-order valence-electron chi connectivity index (χ2n) is 6.73. The second-order valence-corrected chi connectivity index (χ2v) is 6.73. The van der Waals surface area contributed by atoms with E-state index >= 15 is 0 Å². The summed E-state index contributed by atoms with van der Waals surface area (Å²) in [6, 6.07) is 11.6. The molecular weight excluding hydrogens is 380 g/mol. The molecule has 0 saturated carbocycles. The second kappa shape index (κ2) is 10.1. The van der Waals surface area contributed by atoms with E-state index in [0.717, 1.165) is 5.56 Å². The average molecular weight is 403 g/mol. The highest BCUT2D eigenvalue weighted by molar-refractivity contribution is 6.35. The van der Waals surface area contributed by atoms with Crippen LogP contribution >= 0.6 is 0 Å². The van der Waals surface area contributed by atoms with Gasteiger partial charge in [0.25, 0.3) is 0 Å². The van der Waals surface area contributed by atoms with Gasteiger partial charge in [0.2, 0.25) is 0 Å². The van der Waals surface area contributed by atoms with Crippen LogP contribution in [0.2, 0.25) is 0 Å². The largest absolute Gasteiger partial charge is 0.379 e. The van der Waals surface area contributed by atoms with Crippen LogP contribution in [-0.2, 0) is 20.9 Å². The fraction of sp³-hybridized carbons (Fsp3) is 0.333. The summed E-state index contributed by atoms with van der Waals surface area (Å²) < 4.78 is 31.6. The Kier molecular flexibility index (Phi) is 7.26. The van der Waals surface area contributed by atoms with Crippen molar-refractivity contribution in [3.63, 3.8) is 0 Å². The number of hydrogen-bond acceptors (Lipinski definition) is 4. The van der Waals surface area contributed by atoms with Gasteiger partial charge in [-0.15, -0.1) is 0 Å². The third-order valence-electron chi connectivity index (χ3n) is 4.77. The zero-order chi connectivity index (χ0) is 20.6. The first-order valence-corrected chi connectivity index (χ1v) is 9.40. The van der Waals surface area contributed by atoms with Gasteiger partial charge in [0.1, 0.15) is 11.6 Å². The van der Waals surface area contributed by atoms with E-state index in [1.54, 1.807) is 12.1 Å². The molecule has 29 heavy (non-hydrogen) atoms. The first-order valence-electron chi connectivity index (χ1n) is 9.40. The third kappa shape index (κ3) is 6.07. The van der Waals surface area contributed by atoms with Crippen LogP contribution < -0.4 is 10.6 Å². The highest BCUT2D eigenvalue weighted by Crippen LogP contribution is 2.21. The van der Waals surface area contributed by atoms with Crippen molar-refractivity contribution in [2.24, 2.45) is 0 Å². The van der Waals surface area contributed by atoms with Crippen LogP contribution in [0.15, 0.2) is 48.5 Å². The molecule has 0 spiro atoms. The van der Waals surface area contributed by atoms with E-state index in [9.17, 15) is 18.4 Å². The monoisotopic (exact) mass is 403 g/mol. The number of ether oxygens (including phenoxy) is 1. The first kappa shape index (κ1) is 20.9. The quantitative estimate of drug-likeness (QED) is 0.722. The van der Waals surface area contributed by atoms with Crippen LogP contribution in [0.1, 0.15) is 17.2 Å². The van der Waals surface area contributed by atoms with Gasteiger partial charge in [-0.1, -0.05) is 24.3 Å². The lowest BCUT2D eigenvalue weighted by atomic mass is 10.0. The molecule has 1 fully saturated rings. The van der Waals surface area contributed by atoms with E-state index < -0.39 is 11.8 Å². The van der Waals surface area contributed by atoms with E-state index in [4.69, 9.17) is 4.74 Å². The van der Waals surface area contributed by atoms with Gasteiger partial charge in [-0.25, -0.2) is 8.78 Å². The Labute approximate surface area is 167 Å². The molecule has 0 radical (unpaired) electrons. The Hall–Kier alpha value is -2.84. The lowest BCUT2D eigenvalue weighted by molar-refractivity contribution is -0.139. The van der Waals surface area contributed by atoms with Crippen molar-refractivity contribution in [2.45, 2.75) is 12.6 Å². The summed E-state index contributed by atoms with van der Waals surface area (Å²) in [4.78, 5) is 26.4. The molecule has 0 bridgehead atoms. The standard InChI is InChI=1S/C21H23F2N3O3/c22-17-5-1-15(2-6-17)13-24-20(27)21(28)25-14-19(26-9-11-29-12-10-26)16-3-7-18(23)8-4-16/h1-8,19H,9-14H2,(H,24,27)(H,25,28)/t19-/m1/s1. The maximum Gasteiger partial charge on any atom is 0.309 e. The van der Waals surface area contributed by atoms with Crippen molar-refractivity contribution in [1.29, 1.82) is 0 Å². The molecule has 0 aromatic heterocycles. The number of rotatable bonds is 6. The highest BCUT2D eigenvalue weighted by atomic mass is 19.1. The van der Waals surface area contributed by atoms with Crippen molar-refractivity contribution < 1.29 is 23.1 Å². The zero-order valence-corrected chi connectivity index (χ0v) is 15.9. The minimum Gasteiger partial charge on any atom is -0.379 e. The summed E-state index contributed by atoms with van der Waals surface area (Å²) in [5, 5.41) is 5.16. The molecule has 6 nitrogen and oxygen atoms in total. The van der Waals surface area contributed by atoms with Crippen molar-refractivity contribution in [1.82, 2.24) is 15.5 Å². The number of halogens is 2. The Morgan fingerprint density at radius 2 is 1.45 bits per heavy atom. The number of amides is 2. The van der Waals surface area contributed by atoms with Gasteiger partial charge in [-0.2, -0.15) is 0 Å². The minimum absolute atomic E-state index is 0.122. The molecule has 1 atom stereocenters. The molecule has 2 N–H and O–H groups in total. The molecule has 8 heteroatoms. The molecule has 3 rings (SSSR count). The summed E-state index contributed by atoms with van der Waals surface area (Å²) in [6.45, 7) is 2.82. The van der Waals surface area contributed by atoms with Gasteiger partial charge in [0.05, 0.1) is 19.3 Å². The topological polar surface area (TPSA) is 70.7 Å². The van der Waals surface area contributed by atoms with E-state index in [2.05, 4.69) is 15.5 Å². The van der Waals surface area contributed by atoms with Gasteiger partial charge in [-0.3, -0.25) is 14.5 Å². The molecule has 1 aliphatic heterocycles.